The predicted octanol–water partition coefficient (Wildman–Crippen LogP) is 4.78. The minimum Gasteiger partial charge on any atom is -0.307 e. The molecule has 2 nitrogen and oxygen atoms in total. The number of hydrogen-bond acceptors (Lipinski definition) is 1. The largest absolute Gasteiger partial charge is 0.307 e. The Hall–Kier alpha value is -1.88. The summed E-state index contributed by atoms with van der Waals surface area (Å²) in [5.41, 5.74) is 0. The van der Waals surface area contributed by atoms with Gasteiger partial charge < -0.3 is 4.57 Å². The normalized spacial score (nSPS) is 11.2. The van der Waals surface area contributed by atoms with E-state index in [1.54, 1.807) is 0 Å². The van der Waals surface area contributed by atoms with Crippen molar-refractivity contribution in [3.05, 3.63) is 70.7 Å². The first-order valence-corrected chi connectivity index (χ1v) is 7.50. The summed E-state index contributed by atoms with van der Waals surface area (Å²) in [7, 11) is 0. The Balaban J connectivity index is 1.95. The van der Waals surface area contributed by atoms with Crippen LogP contribution in [0.2, 0.25) is 0 Å². The number of hydrogen-bond donors (Lipinski definition) is 0. The molecule has 0 aliphatic rings. The van der Waals surface area contributed by atoms with E-state index in [1.807, 2.05) is 6.20 Å². The molecule has 96 valence electrons. The summed E-state index contributed by atoms with van der Waals surface area (Å²) in [6, 6.07) is 16.8. The molecule has 0 aliphatic heterocycles. The summed E-state index contributed by atoms with van der Waals surface area (Å²) in [5, 5.41) is 4.89. The molecule has 2 aromatic heterocycles. The highest BCUT2D eigenvalue weighted by Crippen LogP contribution is 2.23. The van der Waals surface area contributed by atoms with Gasteiger partial charge in [0.15, 0.2) is 0 Å². The van der Waals surface area contributed by atoms with Crippen molar-refractivity contribution in [1.82, 2.24) is 9.55 Å². The number of rotatable bonds is 1. The van der Waals surface area contributed by atoms with Crippen LogP contribution in [0.15, 0.2) is 67.1 Å². The third kappa shape index (κ3) is 1.89. The lowest BCUT2D eigenvalue weighted by Gasteiger charge is -2.05. The van der Waals surface area contributed by atoms with Crippen LogP contribution in [0.5, 0.6) is 0 Å². The van der Waals surface area contributed by atoms with Gasteiger partial charge >= 0.3 is 0 Å². The average molecular weight is 366 g/mol. The maximum Gasteiger partial charge on any atom is 0.137 e. The van der Waals surface area contributed by atoms with E-state index in [0.717, 1.165) is 5.82 Å². The second-order valence-corrected chi connectivity index (χ2v) is 5.96. The fourth-order valence-electron chi connectivity index (χ4n) is 2.48. The molecule has 0 saturated carbocycles. The molecule has 0 N–H and O–H groups in total. The van der Waals surface area contributed by atoms with Crippen LogP contribution < -0.4 is 0 Å². The molecule has 0 unspecified atom stereocenters. The Morgan fingerprint density at radius 2 is 1.55 bits per heavy atom. The number of nitrogens with zero attached hydrogens (tertiary/aromatic N) is 2. The van der Waals surface area contributed by atoms with Gasteiger partial charge in [-0.05, 0) is 45.5 Å². The molecule has 2 aromatic carbocycles. The highest BCUT2D eigenvalue weighted by atomic mass is 123. The molecule has 0 atom stereocenters. The standard InChI is InChI=1S/C17H11IN2/c18-16-7-3-6-12-9-19-17(8-15(12)16)20-10-13-4-1-2-5-14(13)11-20/h1-11H/i18-4. The third-order valence-corrected chi connectivity index (χ3v) is 4.45. The van der Waals surface area contributed by atoms with Gasteiger partial charge in [-0.3, -0.25) is 0 Å². The van der Waals surface area contributed by atoms with Gasteiger partial charge in [-0.1, -0.05) is 36.4 Å². The van der Waals surface area contributed by atoms with Gasteiger partial charge in [-0.15, -0.1) is 0 Å². The maximum atomic E-state index is 4.57. The molecule has 2 heterocycles. The molecule has 0 spiro atoms. The van der Waals surface area contributed by atoms with E-state index >= 15 is 0 Å². The second-order valence-electron chi connectivity index (χ2n) is 4.80. The van der Waals surface area contributed by atoms with E-state index in [9.17, 15) is 0 Å². The van der Waals surface area contributed by atoms with E-state index in [-0.39, 0.29) is 0 Å². The van der Waals surface area contributed by atoms with Crippen LogP contribution in [0.3, 0.4) is 0 Å². The molecule has 0 aliphatic carbocycles. The lowest BCUT2D eigenvalue weighted by molar-refractivity contribution is 1.02. The molecular weight excluding hydrogens is 355 g/mol. The zero-order valence-corrected chi connectivity index (χ0v) is 12.8. The van der Waals surface area contributed by atoms with Crippen molar-refractivity contribution in [2.24, 2.45) is 0 Å². The lowest BCUT2D eigenvalue weighted by Crippen LogP contribution is -1.94. The Kier molecular flexibility index (Phi) is 2.73. The first kappa shape index (κ1) is 11.9. The van der Waals surface area contributed by atoms with Crippen LogP contribution in [0.4, 0.5) is 0 Å². The Morgan fingerprint density at radius 1 is 0.850 bits per heavy atom. The summed E-state index contributed by atoms with van der Waals surface area (Å²) in [4.78, 5) is 4.57. The molecule has 20 heavy (non-hydrogen) atoms. The van der Waals surface area contributed by atoms with Crippen LogP contribution in [0.25, 0.3) is 27.4 Å². The van der Waals surface area contributed by atoms with Gasteiger partial charge in [0, 0.05) is 32.9 Å². The Labute approximate surface area is 130 Å². The van der Waals surface area contributed by atoms with Crippen molar-refractivity contribution in [2.45, 2.75) is 0 Å². The van der Waals surface area contributed by atoms with E-state index < -0.39 is 0 Å². The third-order valence-electron chi connectivity index (χ3n) is 3.51. The summed E-state index contributed by atoms with van der Waals surface area (Å²) in [6.07, 6.45) is 6.19. The Morgan fingerprint density at radius 3 is 2.30 bits per heavy atom. The second kappa shape index (κ2) is 4.59. The van der Waals surface area contributed by atoms with Gasteiger partial charge in [-0.25, -0.2) is 4.98 Å². The number of aromatic nitrogens is 2. The average Bonchev–Trinajstić information content (AvgIpc) is 2.91. The first-order chi connectivity index (χ1) is 9.81. The van der Waals surface area contributed by atoms with Gasteiger partial charge in [0.1, 0.15) is 5.82 Å². The predicted molar refractivity (Wildman–Crippen MR) is 91.3 cm³/mol. The molecule has 0 amide bonds. The smallest absolute Gasteiger partial charge is 0.137 e. The fourth-order valence-corrected chi connectivity index (χ4v) is 3.15. The van der Waals surface area contributed by atoms with E-state index in [2.05, 4.69) is 93.1 Å². The molecule has 0 radical (unpaired) electrons. The van der Waals surface area contributed by atoms with Crippen LogP contribution in [0, 0.1) is 3.57 Å². The van der Waals surface area contributed by atoms with Gasteiger partial charge in [0.05, 0.1) is 0 Å². The SMILES string of the molecule is [123I]c1cccc2cnc(-n3cc4ccccc4c3)cc12. The van der Waals surface area contributed by atoms with Crippen molar-refractivity contribution in [1.29, 1.82) is 0 Å². The number of halogens is 1. The van der Waals surface area contributed by atoms with Gasteiger partial charge in [0.25, 0.3) is 0 Å². The number of fused-ring (bicyclic) bond motifs is 2. The van der Waals surface area contributed by atoms with Crippen molar-refractivity contribution in [2.75, 3.05) is 0 Å². The van der Waals surface area contributed by atoms with Crippen molar-refractivity contribution in [3.63, 3.8) is 0 Å². The van der Waals surface area contributed by atoms with Crippen LogP contribution >= 0.6 is 22.6 Å². The number of benzene rings is 2. The lowest BCUT2D eigenvalue weighted by atomic mass is 10.2. The quantitative estimate of drug-likeness (QED) is 0.443. The van der Waals surface area contributed by atoms with Gasteiger partial charge in [0.2, 0.25) is 0 Å². The molecular formula is C17H11IN2. The van der Waals surface area contributed by atoms with Crippen molar-refractivity contribution in [3.8, 4) is 5.82 Å². The van der Waals surface area contributed by atoms with Crippen molar-refractivity contribution >= 4 is 44.1 Å². The fraction of sp³-hybridized carbons (Fsp3) is 0. The highest BCUT2D eigenvalue weighted by molar-refractivity contribution is 14.1. The molecule has 4 rings (SSSR count). The van der Waals surface area contributed by atoms with Crippen LogP contribution in [0.1, 0.15) is 0 Å². The highest BCUT2D eigenvalue weighted by Gasteiger charge is 2.04. The van der Waals surface area contributed by atoms with Gasteiger partial charge in [-0.2, -0.15) is 0 Å². The summed E-state index contributed by atoms with van der Waals surface area (Å²) in [6.45, 7) is 0. The van der Waals surface area contributed by atoms with Crippen LogP contribution in [-0.4, -0.2) is 9.55 Å². The summed E-state index contributed by atoms with van der Waals surface area (Å²) in [5.74, 6) is 0.956. The van der Waals surface area contributed by atoms with E-state index in [4.69, 9.17) is 0 Å². The molecule has 3 heteroatoms. The van der Waals surface area contributed by atoms with Crippen LogP contribution in [-0.2, 0) is 0 Å². The maximum absolute atomic E-state index is 4.57. The minimum atomic E-state index is 0.956. The molecule has 0 bridgehead atoms. The number of pyridine rings is 1. The topological polar surface area (TPSA) is 17.8 Å². The monoisotopic (exact) mass is 366 g/mol. The molecule has 0 fully saturated rings. The van der Waals surface area contributed by atoms with Crippen molar-refractivity contribution < 1.29 is 0 Å². The van der Waals surface area contributed by atoms with E-state index in [1.165, 1.54) is 25.1 Å². The zero-order valence-electron chi connectivity index (χ0n) is 10.6. The molecule has 0 saturated heterocycles. The first-order valence-electron chi connectivity index (χ1n) is 6.43. The Bertz CT molecular complexity index is 891. The zero-order chi connectivity index (χ0) is 13.5. The molecule has 4 aromatic rings. The van der Waals surface area contributed by atoms with E-state index in [0.29, 0.717) is 0 Å². The summed E-state index contributed by atoms with van der Waals surface area (Å²) >= 11 is 2.37. The summed E-state index contributed by atoms with van der Waals surface area (Å²) < 4.78 is 3.34. The minimum absolute atomic E-state index is 0.956.